The molecule has 2 nitrogen and oxygen atoms in total. The van der Waals surface area contributed by atoms with Gasteiger partial charge in [0, 0.05) is 24.5 Å². The van der Waals surface area contributed by atoms with Gasteiger partial charge in [0.1, 0.15) is 0 Å². The quantitative estimate of drug-likeness (QED) is 0.470. The van der Waals surface area contributed by atoms with Gasteiger partial charge in [-0.05, 0) is 13.8 Å². The maximum absolute atomic E-state index is 11.2. The Labute approximate surface area is 72.8 Å². The van der Waals surface area contributed by atoms with Gasteiger partial charge in [-0.15, -0.1) is 11.6 Å². The molecule has 64 valence electrons. The first kappa shape index (κ1) is 10.5. The molecule has 0 unspecified atom stereocenters. The third-order valence-corrected chi connectivity index (χ3v) is 1.56. The van der Waals surface area contributed by atoms with Gasteiger partial charge in [-0.3, -0.25) is 4.79 Å². The van der Waals surface area contributed by atoms with Crippen LogP contribution in [0.1, 0.15) is 13.8 Å². The molecule has 0 aliphatic rings. The number of hydrogen-bond donors (Lipinski definition) is 0. The van der Waals surface area contributed by atoms with E-state index in [1.54, 1.807) is 11.8 Å². The van der Waals surface area contributed by atoms with Crippen LogP contribution in [0.4, 0.5) is 0 Å². The average molecular weight is 176 g/mol. The molecule has 0 aromatic rings. The SMILES string of the molecule is C=C(C)C(=O)N(CC)CCCl. The standard InChI is InChI=1S/C8H14ClNO/c1-4-10(6-5-9)8(11)7(2)3/h2,4-6H2,1,3H3. The molecule has 0 aromatic carbocycles. The topological polar surface area (TPSA) is 20.3 Å². The summed E-state index contributed by atoms with van der Waals surface area (Å²) in [6, 6.07) is 0. The molecule has 0 saturated heterocycles. The zero-order valence-corrected chi connectivity index (χ0v) is 7.82. The molecule has 0 N–H and O–H groups in total. The maximum Gasteiger partial charge on any atom is 0.248 e. The molecule has 11 heavy (non-hydrogen) atoms. The number of amides is 1. The number of rotatable bonds is 4. The van der Waals surface area contributed by atoms with Crippen LogP contribution < -0.4 is 0 Å². The second-order valence-electron chi connectivity index (χ2n) is 2.35. The fourth-order valence-corrected chi connectivity index (χ4v) is 0.979. The van der Waals surface area contributed by atoms with Crippen molar-refractivity contribution in [2.75, 3.05) is 19.0 Å². The van der Waals surface area contributed by atoms with E-state index in [4.69, 9.17) is 11.6 Å². The highest BCUT2D eigenvalue weighted by atomic mass is 35.5. The Morgan fingerprint density at radius 2 is 2.18 bits per heavy atom. The molecule has 0 aromatic heterocycles. The van der Waals surface area contributed by atoms with E-state index in [0.717, 1.165) is 0 Å². The number of carbonyl (C=O) groups is 1. The van der Waals surface area contributed by atoms with Gasteiger partial charge in [0.2, 0.25) is 5.91 Å². The van der Waals surface area contributed by atoms with Crippen molar-refractivity contribution < 1.29 is 4.79 Å². The van der Waals surface area contributed by atoms with Crippen LogP contribution in [-0.2, 0) is 4.79 Å². The van der Waals surface area contributed by atoms with Crippen molar-refractivity contribution in [1.82, 2.24) is 4.90 Å². The van der Waals surface area contributed by atoms with E-state index in [-0.39, 0.29) is 5.91 Å². The molecule has 0 spiro atoms. The number of nitrogens with zero attached hydrogens (tertiary/aromatic N) is 1. The summed E-state index contributed by atoms with van der Waals surface area (Å²) in [5.41, 5.74) is 0.567. The zero-order chi connectivity index (χ0) is 8.85. The lowest BCUT2D eigenvalue weighted by Gasteiger charge is -2.19. The minimum Gasteiger partial charge on any atom is -0.338 e. The monoisotopic (exact) mass is 175 g/mol. The van der Waals surface area contributed by atoms with Gasteiger partial charge >= 0.3 is 0 Å². The molecule has 0 aliphatic carbocycles. The van der Waals surface area contributed by atoms with E-state index in [0.29, 0.717) is 24.5 Å². The summed E-state index contributed by atoms with van der Waals surface area (Å²) in [5, 5.41) is 0. The Bertz CT molecular complexity index is 156. The van der Waals surface area contributed by atoms with Gasteiger partial charge in [-0.25, -0.2) is 0 Å². The zero-order valence-electron chi connectivity index (χ0n) is 7.06. The summed E-state index contributed by atoms with van der Waals surface area (Å²) in [4.78, 5) is 12.9. The third kappa shape index (κ3) is 3.42. The predicted molar refractivity (Wildman–Crippen MR) is 47.8 cm³/mol. The van der Waals surface area contributed by atoms with Crippen molar-refractivity contribution in [1.29, 1.82) is 0 Å². The number of likely N-dealkylation sites (N-methyl/N-ethyl adjacent to an activating group) is 1. The molecule has 0 aliphatic heterocycles. The Hall–Kier alpha value is -0.500. The van der Waals surface area contributed by atoms with Gasteiger partial charge in [0.15, 0.2) is 0 Å². The summed E-state index contributed by atoms with van der Waals surface area (Å²) in [6.07, 6.45) is 0. The molecule has 0 bridgehead atoms. The maximum atomic E-state index is 11.2. The van der Waals surface area contributed by atoms with Crippen LogP contribution in [0.15, 0.2) is 12.2 Å². The Morgan fingerprint density at radius 1 is 1.64 bits per heavy atom. The summed E-state index contributed by atoms with van der Waals surface area (Å²) < 4.78 is 0. The van der Waals surface area contributed by atoms with Crippen LogP contribution in [0.2, 0.25) is 0 Å². The summed E-state index contributed by atoms with van der Waals surface area (Å²) in [5.74, 6) is 0.473. The molecule has 3 heteroatoms. The van der Waals surface area contributed by atoms with Gasteiger partial charge in [-0.2, -0.15) is 0 Å². The Kier molecular flexibility index (Phi) is 4.95. The largest absolute Gasteiger partial charge is 0.338 e. The number of alkyl halides is 1. The van der Waals surface area contributed by atoms with Crippen molar-refractivity contribution in [3.63, 3.8) is 0 Å². The predicted octanol–water partition coefficient (Wildman–Crippen LogP) is 1.65. The first-order chi connectivity index (χ1) is 5.13. The fourth-order valence-electron chi connectivity index (χ4n) is 0.775. The van der Waals surface area contributed by atoms with Crippen molar-refractivity contribution in [3.8, 4) is 0 Å². The molecule has 1 amide bonds. The Morgan fingerprint density at radius 3 is 2.45 bits per heavy atom. The van der Waals surface area contributed by atoms with Gasteiger partial charge in [0.05, 0.1) is 0 Å². The van der Waals surface area contributed by atoms with Crippen LogP contribution in [0.3, 0.4) is 0 Å². The summed E-state index contributed by atoms with van der Waals surface area (Å²) >= 11 is 5.50. The molecule has 0 heterocycles. The van der Waals surface area contributed by atoms with Crippen molar-refractivity contribution in [3.05, 3.63) is 12.2 Å². The molecule has 0 saturated carbocycles. The molecular weight excluding hydrogens is 162 g/mol. The van der Waals surface area contributed by atoms with E-state index < -0.39 is 0 Å². The normalized spacial score (nSPS) is 9.36. The van der Waals surface area contributed by atoms with Crippen LogP contribution in [0.5, 0.6) is 0 Å². The lowest BCUT2D eigenvalue weighted by molar-refractivity contribution is -0.126. The summed E-state index contributed by atoms with van der Waals surface area (Å²) in [7, 11) is 0. The molecule has 0 atom stereocenters. The van der Waals surface area contributed by atoms with Crippen LogP contribution in [0.25, 0.3) is 0 Å². The van der Waals surface area contributed by atoms with Crippen LogP contribution in [-0.4, -0.2) is 29.8 Å². The highest BCUT2D eigenvalue weighted by Gasteiger charge is 2.09. The van der Waals surface area contributed by atoms with E-state index >= 15 is 0 Å². The van der Waals surface area contributed by atoms with Crippen LogP contribution >= 0.6 is 11.6 Å². The lowest BCUT2D eigenvalue weighted by atomic mass is 10.3. The number of carbonyl (C=O) groups excluding carboxylic acids is 1. The van der Waals surface area contributed by atoms with Gasteiger partial charge in [-0.1, -0.05) is 6.58 Å². The Balaban J connectivity index is 4.02. The minimum absolute atomic E-state index is 0.00634. The van der Waals surface area contributed by atoms with Gasteiger partial charge in [0.25, 0.3) is 0 Å². The molecule has 0 radical (unpaired) electrons. The first-order valence-corrected chi connectivity index (χ1v) is 4.17. The van der Waals surface area contributed by atoms with Crippen molar-refractivity contribution in [2.45, 2.75) is 13.8 Å². The fraction of sp³-hybridized carbons (Fsp3) is 0.625. The smallest absolute Gasteiger partial charge is 0.248 e. The summed E-state index contributed by atoms with van der Waals surface area (Å²) in [6.45, 7) is 8.50. The van der Waals surface area contributed by atoms with Crippen molar-refractivity contribution in [2.24, 2.45) is 0 Å². The first-order valence-electron chi connectivity index (χ1n) is 3.64. The minimum atomic E-state index is -0.00634. The van der Waals surface area contributed by atoms with Crippen molar-refractivity contribution >= 4 is 17.5 Å². The highest BCUT2D eigenvalue weighted by Crippen LogP contribution is 1.98. The highest BCUT2D eigenvalue weighted by molar-refractivity contribution is 6.18. The van der Waals surface area contributed by atoms with E-state index in [9.17, 15) is 4.79 Å². The van der Waals surface area contributed by atoms with E-state index in [1.165, 1.54) is 0 Å². The molecular formula is C8H14ClNO. The van der Waals surface area contributed by atoms with Gasteiger partial charge < -0.3 is 4.90 Å². The second kappa shape index (κ2) is 5.19. The third-order valence-electron chi connectivity index (χ3n) is 1.39. The molecule has 0 fully saturated rings. The number of halogens is 1. The van der Waals surface area contributed by atoms with E-state index in [1.807, 2.05) is 6.92 Å². The van der Waals surface area contributed by atoms with E-state index in [2.05, 4.69) is 6.58 Å². The average Bonchev–Trinajstić information content (AvgIpc) is 1.98. The molecule has 0 rings (SSSR count). The lowest BCUT2D eigenvalue weighted by Crippen LogP contribution is -2.32. The number of hydrogen-bond acceptors (Lipinski definition) is 1. The van der Waals surface area contributed by atoms with Crippen LogP contribution in [0, 0.1) is 0 Å². The second-order valence-corrected chi connectivity index (χ2v) is 2.73.